The molecule has 3 rings (SSSR count). The van der Waals surface area contributed by atoms with Gasteiger partial charge in [-0.2, -0.15) is 5.06 Å². The molecule has 25 heavy (non-hydrogen) atoms. The van der Waals surface area contributed by atoms with Crippen molar-refractivity contribution in [1.29, 1.82) is 0 Å². The van der Waals surface area contributed by atoms with Crippen LogP contribution in [0.4, 0.5) is 4.79 Å². The average molecular weight is 393 g/mol. The summed E-state index contributed by atoms with van der Waals surface area (Å²) in [4.78, 5) is 30.3. The number of hydrogen-bond donors (Lipinski definition) is 1. The third kappa shape index (κ3) is 6.59. The van der Waals surface area contributed by atoms with Gasteiger partial charge in [0.1, 0.15) is 0 Å². The summed E-state index contributed by atoms with van der Waals surface area (Å²) in [7, 11) is 4.86. The van der Waals surface area contributed by atoms with E-state index in [1.54, 1.807) is 0 Å². The average Bonchev–Trinajstić information content (AvgIpc) is 2.76. The fourth-order valence-corrected chi connectivity index (χ4v) is 3.79. The largest absolute Gasteiger partial charge is 0.344 e. The van der Waals surface area contributed by atoms with Crippen LogP contribution in [-0.2, 0) is 14.3 Å². The van der Waals surface area contributed by atoms with Crippen LogP contribution in [0.15, 0.2) is 0 Å². The molecule has 0 saturated carbocycles. The summed E-state index contributed by atoms with van der Waals surface area (Å²) in [5.74, 6) is 0. The molecule has 9 nitrogen and oxygen atoms in total. The number of urea groups is 1. The molecule has 0 radical (unpaired) electrons. The molecule has 3 saturated heterocycles. The first kappa shape index (κ1) is 20.7. The van der Waals surface area contributed by atoms with E-state index < -0.39 is 0 Å². The molecule has 3 aliphatic rings. The molecule has 2 bridgehead atoms. The number of rotatable bonds is 6. The van der Waals surface area contributed by atoms with Gasteiger partial charge in [-0.1, -0.05) is 9.39 Å². The van der Waals surface area contributed by atoms with E-state index in [0.717, 1.165) is 58.7 Å². The predicted molar refractivity (Wildman–Crippen MR) is 100 cm³/mol. The van der Waals surface area contributed by atoms with Crippen molar-refractivity contribution in [2.45, 2.75) is 25.3 Å². The Balaban J connectivity index is 0.000000185. The van der Waals surface area contributed by atoms with Crippen LogP contribution < -0.4 is 5.48 Å². The number of piperidine rings is 1. The van der Waals surface area contributed by atoms with Crippen molar-refractivity contribution in [3.05, 3.63) is 0 Å². The zero-order chi connectivity index (χ0) is 18.1. The third-order valence-electron chi connectivity index (χ3n) is 4.56. The van der Waals surface area contributed by atoms with Crippen molar-refractivity contribution >= 4 is 31.3 Å². The van der Waals surface area contributed by atoms with Crippen molar-refractivity contribution in [2.24, 2.45) is 0 Å². The minimum atomic E-state index is 0.0162. The Kier molecular flexibility index (Phi) is 9.31. The summed E-state index contributed by atoms with van der Waals surface area (Å²) < 4.78 is 7.15. The van der Waals surface area contributed by atoms with Crippen molar-refractivity contribution in [2.75, 3.05) is 52.4 Å². The van der Waals surface area contributed by atoms with Crippen LogP contribution in [0.2, 0.25) is 0 Å². The summed E-state index contributed by atoms with van der Waals surface area (Å²) in [5.41, 5.74) is 2.19. The molecule has 3 amide bonds. The Labute approximate surface area is 153 Å². The maximum atomic E-state index is 11.3. The standard InChI is InChI=1S/C8H18N3O2P.C6H11N2O2P/c12-8-9-13-7-6-10-2-1-3-11(14)5-4-10;9-6-7-3-1-2-5(4-7)8(6)10-11/h8H,1-7,14H2,(H,9,12);5H,1-4,11H2/t;5-/m.1/s1. The first-order chi connectivity index (χ1) is 12.2. The highest BCUT2D eigenvalue weighted by molar-refractivity contribution is 7.13. The Bertz CT molecular complexity index is 434. The molecule has 1 N–H and O–H groups in total. The number of hydroxylamine groups is 3. The lowest BCUT2D eigenvalue weighted by Gasteiger charge is -2.20. The van der Waals surface area contributed by atoms with E-state index in [2.05, 4.69) is 33.9 Å². The van der Waals surface area contributed by atoms with Crippen molar-refractivity contribution in [1.82, 2.24) is 25.0 Å². The van der Waals surface area contributed by atoms with Crippen LogP contribution in [0.1, 0.15) is 19.3 Å². The van der Waals surface area contributed by atoms with Crippen LogP contribution in [0, 0.1) is 0 Å². The minimum Gasteiger partial charge on any atom is -0.321 e. The predicted octanol–water partition coefficient (Wildman–Crippen LogP) is 0.0699. The van der Waals surface area contributed by atoms with E-state index in [0.29, 0.717) is 13.0 Å². The van der Waals surface area contributed by atoms with Crippen LogP contribution in [0.3, 0.4) is 0 Å². The number of nitrogens with zero attached hydrogens (tertiary/aromatic N) is 4. The third-order valence-corrected chi connectivity index (χ3v) is 5.31. The van der Waals surface area contributed by atoms with Crippen molar-refractivity contribution < 1.29 is 19.1 Å². The van der Waals surface area contributed by atoms with E-state index in [4.69, 9.17) is 9.46 Å². The van der Waals surface area contributed by atoms with Gasteiger partial charge >= 0.3 is 6.03 Å². The fourth-order valence-electron chi connectivity index (χ4n) is 3.23. The van der Waals surface area contributed by atoms with Crippen LogP contribution in [0.25, 0.3) is 0 Å². The van der Waals surface area contributed by atoms with Crippen molar-refractivity contribution in [3.8, 4) is 0 Å². The number of fused-ring (bicyclic) bond motifs is 2. The number of carbonyl (C=O) groups is 2. The van der Waals surface area contributed by atoms with Gasteiger partial charge in [0.15, 0.2) is 0 Å². The maximum Gasteiger partial charge on any atom is 0.344 e. The first-order valence-corrected chi connectivity index (χ1v) is 9.62. The smallest absolute Gasteiger partial charge is 0.321 e. The normalized spacial score (nSPS) is 24.6. The molecule has 3 aliphatic heterocycles. The summed E-state index contributed by atoms with van der Waals surface area (Å²) in [5, 5.41) is 1.46. The molecule has 144 valence electrons. The Morgan fingerprint density at radius 3 is 2.76 bits per heavy atom. The Hall–Kier alpha value is -0.560. The molecule has 3 atom stereocenters. The fraction of sp³-hybridized carbons (Fsp3) is 0.857. The zero-order valence-corrected chi connectivity index (χ0v) is 16.8. The van der Waals surface area contributed by atoms with Gasteiger partial charge in [0.2, 0.25) is 6.41 Å². The summed E-state index contributed by atoms with van der Waals surface area (Å²) in [6.45, 7) is 7.53. The molecule has 11 heteroatoms. The Morgan fingerprint density at radius 2 is 2.04 bits per heavy atom. The SMILES string of the molecule is O=C1N2CCC[C@H](C2)N1OP.O=CNOCCN1CCCN(P)CC1. The van der Waals surface area contributed by atoms with Crippen LogP contribution in [-0.4, -0.2) is 90.4 Å². The van der Waals surface area contributed by atoms with Gasteiger partial charge in [-0.05, 0) is 25.8 Å². The lowest BCUT2D eigenvalue weighted by atomic mass is 10.1. The summed E-state index contributed by atoms with van der Waals surface area (Å²) in [6, 6.07) is 0.302. The van der Waals surface area contributed by atoms with E-state index in [-0.39, 0.29) is 12.1 Å². The van der Waals surface area contributed by atoms with E-state index in [1.807, 2.05) is 4.90 Å². The molecule has 0 aromatic carbocycles. The number of hydrogen-bond acceptors (Lipinski definition) is 6. The number of amides is 3. The molecular weight excluding hydrogens is 364 g/mol. The van der Waals surface area contributed by atoms with Crippen LogP contribution >= 0.6 is 18.9 Å². The molecule has 0 aliphatic carbocycles. The van der Waals surface area contributed by atoms with Gasteiger partial charge in [0.05, 0.1) is 12.6 Å². The molecule has 0 aromatic rings. The van der Waals surface area contributed by atoms with Crippen molar-refractivity contribution in [3.63, 3.8) is 0 Å². The second-order valence-electron chi connectivity index (χ2n) is 6.27. The van der Waals surface area contributed by atoms with E-state index >= 15 is 0 Å². The molecule has 3 heterocycles. The summed E-state index contributed by atoms with van der Waals surface area (Å²) in [6.07, 6.45) is 3.90. The van der Waals surface area contributed by atoms with Gasteiger partial charge in [-0.3, -0.25) is 23.8 Å². The zero-order valence-electron chi connectivity index (χ0n) is 14.5. The molecule has 3 fully saturated rings. The van der Waals surface area contributed by atoms with E-state index in [9.17, 15) is 9.59 Å². The number of nitrogens with one attached hydrogen (secondary N) is 1. The van der Waals surface area contributed by atoms with Gasteiger partial charge in [0, 0.05) is 48.7 Å². The first-order valence-electron chi connectivity index (χ1n) is 8.63. The Morgan fingerprint density at radius 1 is 1.20 bits per heavy atom. The second kappa shape index (κ2) is 11.2. The molecular formula is C14H29N5O4P2. The van der Waals surface area contributed by atoms with Gasteiger partial charge in [-0.15, -0.1) is 0 Å². The number of carbonyl (C=O) groups excluding carboxylic acids is 2. The maximum absolute atomic E-state index is 11.3. The van der Waals surface area contributed by atoms with E-state index in [1.165, 1.54) is 11.5 Å². The highest BCUT2D eigenvalue weighted by Crippen LogP contribution is 2.26. The topological polar surface area (TPSA) is 77.6 Å². The molecule has 2 unspecified atom stereocenters. The molecule has 0 spiro atoms. The van der Waals surface area contributed by atoms with Gasteiger partial charge in [0.25, 0.3) is 0 Å². The minimum absolute atomic E-state index is 0.0162. The second-order valence-corrected chi connectivity index (χ2v) is 7.21. The molecule has 0 aromatic heterocycles. The van der Waals surface area contributed by atoms with Gasteiger partial charge < -0.3 is 4.90 Å². The quantitative estimate of drug-likeness (QED) is 0.298. The lowest BCUT2D eigenvalue weighted by Crippen LogP contribution is -2.32. The monoisotopic (exact) mass is 393 g/mol. The highest BCUT2D eigenvalue weighted by atomic mass is 31.0. The highest BCUT2D eigenvalue weighted by Gasteiger charge is 2.40. The lowest BCUT2D eigenvalue weighted by molar-refractivity contribution is -0.120. The van der Waals surface area contributed by atoms with Crippen LogP contribution in [0.5, 0.6) is 0 Å². The van der Waals surface area contributed by atoms with Gasteiger partial charge in [-0.25, -0.2) is 10.3 Å². The summed E-state index contributed by atoms with van der Waals surface area (Å²) >= 11 is 0.